The Morgan fingerprint density at radius 1 is 1.09 bits per heavy atom. The fourth-order valence-electron chi connectivity index (χ4n) is 4.04. The highest BCUT2D eigenvalue weighted by Gasteiger charge is 2.22. The van der Waals surface area contributed by atoms with Crippen molar-refractivity contribution in [1.82, 2.24) is 34.0 Å². The van der Waals surface area contributed by atoms with Gasteiger partial charge in [-0.2, -0.15) is 19.6 Å². The Morgan fingerprint density at radius 3 is 2.53 bits per heavy atom. The number of rotatable bonds is 7. The Balaban J connectivity index is 0.000000205. The van der Waals surface area contributed by atoms with Crippen LogP contribution in [0.25, 0.3) is 5.69 Å². The van der Waals surface area contributed by atoms with Gasteiger partial charge in [-0.1, -0.05) is 52.9 Å². The summed E-state index contributed by atoms with van der Waals surface area (Å²) in [6.07, 6.45) is 7.97. The first-order chi connectivity index (χ1) is 21.4. The van der Waals surface area contributed by atoms with Crippen molar-refractivity contribution in [2.45, 2.75) is 37.6 Å². The number of terminal acetylenes is 1. The number of carbonyl (C=O) groups excluding carboxylic acids is 1. The lowest BCUT2D eigenvalue weighted by atomic mass is 10.2. The highest BCUT2D eigenvalue weighted by Crippen LogP contribution is 2.32. The first-order valence-electron chi connectivity index (χ1n) is 13.0. The standard InChI is InChI=1S/C15H13Cl2N3O2.C12H12ClN5O4S/c1-2-7-22-13-9-12(10(16)8-11(13)17)20-15(21)19-6-4-3-5-14(19)18-20;1-7-14-10(17-12(15-7)22-2)16-11(19)18-23(20,21)9-6-4-3-5-8(9)13/h1,8-9H,3-7H2;3-6H,1-2H3,(H2,14,15,16,17,18,19). The minimum atomic E-state index is -4.13. The molecule has 0 spiro atoms. The quantitative estimate of drug-likeness (QED) is 0.269. The minimum absolute atomic E-state index is 0.00882. The third-order valence-electron chi connectivity index (χ3n) is 6.00. The maximum absolute atomic E-state index is 12.5. The van der Waals surface area contributed by atoms with Crippen LogP contribution in [0.15, 0.2) is 46.1 Å². The maximum Gasteiger partial charge on any atom is 0.350 e. The van der Waals surface area contributed by atoms with E-state index in [-0.39, 0.29) is 34.2 Å². The van der Waals surface area contributed by atoms with Crippen LogP contribution in [0.5, 0.6) is 11.8 Å². The molecule has 0 saturated carbocycles. The van der Waals surface area contributed by atoms with Crippen molar-refractivity contribution in [3.8, 4) is 29.8 Å². The molecule has 2 aromatic carbocycles. The predicted octanol–water partition coefficient (Wildman–Crippen LogP) is 4.04. The minimum Gasteiger partial charge on any atom is -0.479 e. The van der Waals surface area contributed by atoms with Gasteiger partial charge in [0.05, 0.1) is 27.9 Å². The van der Waals surface area contributed by atoms with E-state index in [1.54, 1.807) is 23.6 Å². The number of aromatic nitrogens is 6. The van der Waals surface area contributed by atoms with E-state index in [2.05, 4.69) is 31.3 Å². The second kappa shape index (κ2) is 14.6. The van der Waals surface area contributed by atoms with Gasteiger partial charge in [0.1, 0.15) is 28.9 Å². The van der Waals surface area contributed by atoms with Gasteiger partial charge in [-0.25, -0.2) is 22.7 Å². The van der Waals surface area contributed by atoms with Crippen molar-refractivity contribution in [2.75, 3.05) is 19.0 Å². The number of benzene rings is 2. The molecule has 2 aromatic heterocycles. The van der Waals surface area contributed by atoms with Gasteiger partial charge in [-0.15, -0.1) is 11.5 Å². The largest absolute Gasteiger partial charge is 0.479 e. The van der Waals surface area contributed by atoms with Crippen molar-refractivity contribution >= 4 is 56.8 Å². The number of fused-ring (bicyclic) bond motifs is 1. The molecule has 0 radical (unpaired) electrons. The fourth-order valence-corrected chi connectivity index (χ4v) is 5.98. The third-order valence-corrected chi connectivity index (χ3v) is 8.43. The first-order valence-corrected chi connectivity index (χ1v) is 15.6. The number of urea groups is 1. The Hall–Kier alpha value is -4.36. The van der Waals surface area contributed by atoms with E-state index in [1.165, 1.54) is 36.1 Å². The van der Waals surface area contributed by atoms with Gasteiger partial charge < -0.3 is 9.47 Å². The zero-order valence-corrected chi connectivity index (χ0v) is 26.8. The molecule has 18 heteroatoms. The number of amides is 2. The summed E-state index contributed by atoms with van der Waals surface area (Å²) < 4.78 is 39.2. The number of nitrogens with zero attached hydrogens (tertiary/aromatic N) is 6. The maximum atomic E-state index is 12.5. The monoisotopic (exact) mass is 694 g/mol. The molecule has 2 N–H and O–H groups in total. The summed E-state index contributed by atoms with van der Waals surface area (Å²) in [7, 11) is -2.78. The smallest absolute Gasteiger partial charge is 0.350 e. The molecule has 0 atom stereocenters. The fraction of sp³-hybridized carbons (Fsp3) is 0.259. The van der Waals surface area contributed by atoms with Crippen LogP contribution in [0.2, 0.25) is 15.1 Å². The summed E-state index contributed by atoms with van der Waals surface area (Å²) in [5.41, 5.74) is 0.229. The Bertz CT molecular complexity index is 1940. The normalized spacial score (nSPS) is 12.2. The molecule has 14 nitrogen and oxygen atoms in total. The van der Waals surface area contributed by atoms with E-state index in [9.17, 15) is 18.0 Å². The molecule has 45 heavy (non-hydrogen) atoms. The topological polar surface area (TPSA) is 172 Å². The molecular formula is C27H25Cl3N8O6S. The van der Waals surface area contributed by atoms with Gasteiger partial charge in [0, 0.05) is 19.0 Å². The summed E-state index contributed by atoms with van der Waals surface area (Å²) in [6.45, 7) is 2.32. The number of aryl methyl sites for hydroxylation is 2. The molecule has 0 aliphatic carbocycles. The van der Waals surface area contributed by atoms with Gasteiger partial charge >= 0.3 is 17.7 Å². The molecule has 0 fully saturated rings. The van der Waals surface area contributed by atoms with E-state index in [1.807, 2.05) is 4.72 Å². The van der Waals surface area contributed by atoms with Crippen LogP contribution in [0.3, 0.4) is 0 Å². The Labute approximate surface area is 272 Å². The summed E-state index contributed by atoms with van der Waals surface area (Å²) in [6, 6.07) is 7.78. The van der Waals surface area contributed by atoms with Crippen LogP contribution in [0.1, 0.15) is 24.5 Å². The number of halogens is 3. The number of carbonyl (C=O) groups is 1. The van der Waals surface area contributed by atoms with Crippen molar-refractivity contribution in [1.29, 1.82) is 0 Å². The number of hydrogen-bond acceptors (Lipinski definition) is 10. The zero-order valence-electron chi connectivity index (χ0n) is 23.8. The Kier molecular flexibility index (Phi) is 10.9. The molecule has 1 aliphatic rings. The van der Waals surface area contributed by atoms with Gasteiger partial charge in [0.2, 0.25) is 5.95 Å². The molecule has 0 bridgehead atoms. The van der Waals surface area contributed by atoms with Gasteiger partial charge in [-0.3, -0.25) is 9.88 Å². The summed E-state index contributed by atoms with van der Waals surface area (Å²) in [4.78, 5) is 35.6. The lowest BCUT2D eigenvalue weighted by Crippen LogP contribution is -2.35. The number of ether oxygens (including phenoxy) is 2. The van der Waals surface area contributed by atoms with Crippen molar-refractivity contribution in [2.24, 2.45) is 0 Å². The number of nitrogens with one attached hydrogen (secondary N) is 2. The third kappa shape index (κ3) is 8.22. The molecule has 2 amide bonds. The highest BCUT2D eigenvalue weighted by molar-refractivity contribution is 7.90. The lowest BCUT2D eigenvalue weighted by molar-refractivity contribution is 0.256. The molecule has 236 valence electrons. The van der Waals surface area contributed by atoms with Crippen LogP contribution in [-0.2, 0) is 23.0 Å². The van der Waals surface area contributed by atoms with E-state index in [0.29, 0.717) is 33.9 Å². The first kappa shape index (κ1) is 33.5. The van der Waals surface area contributed by atoms with Crippen LogP contribution in [0, 0.1) is 19.3 Å². The van der Waals surface area contributed by atoms with Gasteiger partial charge in [-0.05, 0) is 38.0 Å². The second-order valence-electron chi connectivity index (χ2n) is 9.13. The molecule has 1 aliphatic heterocycles. The van der Waals surface area contributed by atoms with Crippen LogP contribution in [0.4, 0.5) is 10.7 Å². The van der Waals surface area contributed by atoms with Crippen LogP contribution >= 0.6 is 34.8 Å². The van der Waals surface area contributed by atoms with Gasteiger partial charge in [0.15, 0.2) is 0 Å². The molecular weight excluding hydrogens is 671 g/mol. The van der Waals surface area contributed by atoms with E-state index in [0.717, 1.165) is 25.1 Å². The van der Waals surface area contributed by atoms with Crippen LogP contribution in [-0.4, -0.2) is 57.5 Å². The van der Waals surface area contributed by atoms with E-state index < -0.39 is 16.1 Å². The van der Waals surface area contributed by atoms with Crippen molar-refractivity contribution in [3.63, 3.8) is 0 Å². The summed E-state index contributed by atoms with van der Waals surface area (Å²) >= 11 is 18.1. The Morgan fingerprint density at radius 2 is 1.84 bits per heavy atom. The summed E-state index contributed by atoms with van der Waals surface area (Å²) in [5.74, 6) is 3.65. The second-order valence-corrected chi connectivity index (χ2v) is 12.0. The van der Waals surface area contributed by atoms with E-state index in [4.69, 9.17) is 50.7 Å². The SMILES string of the molecule is C#CCOc1cc(-n2nc3n(c2=O)CCCC3)c(Cl)cc1Cl.COc1nc(C)nc(NC(=O)NS(=O)(=O)c2ccccc2Cl)n1. The van der Waals surface area contributed by atoms with Crippen LogP contribution < -0.4 is 25.2 Å². The number of anilines is 1. The predicted molar refractivity (Wildman–Crippen MR) is 167 cm³/mol. The molecule has 0 unspecified atom stereocenters. The van der Waals surface area contributed by atoms with Crippen molar-refractivity contribution < 1.29 is 22.7 Å². The number of sulfonamides is 1. The highest BCUT2D eigenvalue weighted by atomic mass is 35.5. The molecule has 5 rings (SSSR count). The van der Waals surface area contributed by atoms with Crippen molar-refractivity contribution in [3.05, 3.63) is 73.6 Å². The lowest BCUT2D eigenvalue weighted by Gasteiger charge is -2.09. The zero-order chi connectivity index (χ0) is 32.7. The average Bonchev–Trinajstić information content (AvgIpc) is 3.32. The molecule has 0 saturated heterocycles. The van der Waals surface area contributed by atoms with E-state index >= 15 is 0 Å². The average molecular weight is 696 g/mol. The molecule has 3 heterocycles. The number of hydrogen-bond donors (Lipinski definition) is 2. The van der Waals surface area contributed by atoms with Gasteiger partial charge in [0.25, 0.3) is 10.0 Å². The molecule has 4 aromatic rings. The number of methoxy groups -OCH3 is 1. The summed E-state index contributed by atoms with van der Waals surface area (Å²) in [5, 5.41) is 7.22.